The molecule has 1 heterocycles. The van der Waals surface area contributed by atoms with Crippen molar-refractivity contribution in [3.05, 3.63) is 35.5 Å². The van der Waals surface area contributed by atoms with Crippen LogP contribution >= 0.6 is 0 Å². The van der Waals surface area contributed by atoms with Crippen molar-refractivity contribution >= 4 is 0 Å². The first-order valence-electron chi connectivity index (χ1n) is 5.65. The molecule has 1 aromatic carbocycles. The van der Waals surface area contributed by atoms with Crippen LogP contribution in [-0.4, -0.2) is 10.3 Å². The van der Waals surface area contributed by atoms with E-state index in [2.05, 4.69) is 25.9 Å². The van der Waals surface area contributed by atoms with Crippen LogP contribution in [0.25, 0.3) is 11.3 Å². The van der Waals surface area contributed by atoms with E-state index in [0.717, 1.165) is 16.8 Å². The molecular formula is C14H17NO2. The molecule has 0 spiro atoms. The molecule has 0 aliphatic carbocycles. The monoisotopic (exact) mass is 231 g/mol. The Balaban J connectivity index is 2.44. The number of rotatable bonds is 1. The van der Waals surface area contributed by atoms with Gasteiger partial charge in [0.2, 0.25) is 0 Å². The minimum absolute atomic E-state index is 0.0695. The molecule has 0 aliphatic rings. The molecule has 2 rings (SSSR count). The standard InChI is InChI=1S/C14H17NO2/c1-9-7-13(17-15-9)10-5-6-11(12(16)8-10)14(2,3)4/h5-8,16H,1-4H3. The molecule has 3 nitrogen and oxygen atoms in total. The van der Waals surface area contributed by atoms with E-state index in [1.165, 1.54) is 0 Å². The van der Waals surface area contributed by atoms with Crippen LogP contribution in [0.1, 0.15) is 32.0 Å². The number of nitrogens with zero attached hydrogens (tertiary/aromatic N) is 1. The van der Waals surface area contributed by atoms with Gasteiger partial charge < -0.3 is 9.63 Å². The maximum atomic E-state index is 10.0. The Morgan fingerprint density at radius 2 is 1.88 bits per heavy atom. The van der Waals surface area contributed by atoms with Gasteiger partial charge in [0.15, 0.2) is 5.76 Å². The minimum Gasteiger partial charge on any atom is -0.508 e. The molecule has 90 valence electrons. The van der Waals surface area contributed by atoms with Crippen LogP contribution in [0.15, 0.2) is 28.8 Å². The molecule has 3 heteroatoms. The van der Waals surface area contributed by atoms with E-state index in [4.69, 9.17) is 4.52 Å². The number of hydrogen-bond donors (Lipinski definition) is 1. The molecule has 0 saturated carbocycles. The lowest BCUT2D eigenvalue weighted by Gasteiger charge is -2.20. The van der Waals surface area contributed by atoms with Crippen molar-refractivity contribution in [2.75, 3.05) is 0 Å². The summed E-state index contributed by atoms with van der Waals surface area (Å²) in [5.41, 5.74) is 2.54. The van der Waals surface area contributed by atoms with Gasteiger partial charge in [0.05, 0.1) is 5.69 Å². The van der Waals surface area contributed by atoms with Crippen molar-refractivity contribution in [3.8, 4) is 17.1 Å². The van der Waals surface area contributed by atoms with E-state index >= 15 is 0 Å². The first-order valence-corrected chi connectivity index (χ1v) is 5.65. The fraction of sp³-hybridized carbons (Fsp3) is 0.357. The van der Waals surface area contributed by atoms with Crippen molar-refractivity contribution in [1.82, 2.24) is 5.16 Å². The Morgan fingerprint density at radius 1 is 1.18 bits per heavy atom. The van der Waals surface area contributed by atoms with Crippen LogP contribution in [-0.2, 0) is 5.41 Å². The van der Waals surface area contributed by atoms with Crippen molar-refractivity contribution < 1.29 is 9.63 Å². The zero-order chi connectivity index (χ0) is 12.6. The van der Waals surface area contributed by atoms with E-state index < -0.39 is 0 Å². The van der Waals surface area contributed by atoms with Gasteiger partial charge in [-0.3, -0.25) is 0 Å². The maximum absolute atomic E-state index is 10.0. The predicted molar refractivity (Wildman–Crippen MR) is 67.0 cm³/mol. The molecule has 1 N–H and O–H groups in total. The predicted octanol–water partition coefficient (Wildman–Crippen LogP) is 3.65. The third kappa shape index (κ3) is 2.33. The molecule has 0 bridgehead atoms. The van der Waals surface area contributed by atoms with Crippen molar-refractivity contribution in [2.45, 2.75) is 33.1 Å². The minimum atomic E-state index is -0.0695. The fourth-order valence-electron chi connectivity index (χ4n) is 1.82. The summed E-state index contributed by atoms with van der Waals surface area (Å²) in [7, 11) is 0. The largest absolute Gasteiger partial charge is 0.508 e. The SMILES string of the molecule is Cc1cc(-c2ccc(C(C)(C)C)c(O)c2)on1. The summed E-state index contributed by atoms with van der Waals surface area (Å²) in [6.45, 7) is 8.08. The quantitative estimate of drug-likeness (QED) is 0.814. The van der Waals surface area contributed by atoms with Gasteiger partial charge in [-0.25, -0.2) is 0 Å². The summed E-state index contributed by atoms with van der Waals surface area (Å²) in [4.78, 5) is 0. The zero-order valence-electron chi connectivity index (χ0n) is 10.6. The van der Waals surface area contributed by atoms with E-state index in [9.17, 15) is 5.11 Å². The molecule has 1 aromatic heterocycles. The highest BCUT2D eigenvalue weighted by molar-refractivity contribution is 5.61. The van der Waals surface area contributed by atoms with E-state index in [0.29, 0.717) is 11.5 Å². The van der Waals surface area contributed by atoms with Gasteiger partial charge in [0.1, 0.15) is 5.75 Å². The molecular weight excluding hydrogens is 214 g/mol. The average molecular weight is 231 g/mol. The normalized spacial score (nSPS) is 11.8. The first kappa shape index (κ1) is 11.7. The second kappa shape index (κ2) is 3.91. The van der Waals surface area contributed by atoms with E-state index in [1.54, 1.807) is 6.07 Å². The molecule has 0 aliphatic heterocycles. The van der Waals surface area contributed by atoms with Gasteiger partial charge in [-0.2, -0.15) is 0 Å². The summed E-state index contributed by atoms with van der Waals surface area (Å²) in [6.07, 6.45) is 0. The lowest BCUT2D eigenvalue weighted by atomic mass is 9.85. The Kier molecular flexibility index (Phi) is 2.69. The number of hydrogen-bond acceptors (Lipinski definition) is 3. The van der Waals surface area contributed by atoms with Gasteiger partial charge in [-0.15, -0.1) is 0 Å². The third-order valence-electron chi connectivity index (χ3n) is 2.72. The van der Waals surface area contributed by atoms with Crippen molar-refractivity contribution in [2.24, 2.45) is 0 Å². The molecule has 0 atom stereocenters. The molecule has 0 unspecified atom stereocenters. The van der Waals surface area contributed by atoms with Gasteiger partial charge in [0.25, 0.3) is 0 Å². The lowest BCUT2D eigenvalue weighted by Crippen LogP contribution is -2.11. The zero-order valence-corrected chi connectivity index (χ0v) is 10.6. The van der Waals surface area contributed by atoms with E-state index in [-0.39, 0.29) is 5.41 Å². The second-order valence-electron chi connectivity index (χ2n) is 5.31. The summed E-state index contributed by atoms with van der Waals surface area (Å²) in [6, 6.07) is 7.45. The number of benzene rings is 1. The van der Waals surface area contributed by atoms with Crippen LogP contribution < -0.4 is 0 Å². The molecule has 0 saturated heterocycles. The highest BCUT2D eigenvalue weighted by Gasteiger charge is 2.18. The van der Waals surface area contributed by atoms with Gasteiger partial charge in [-0.05, 0) is 24.0 Å². The number of phenols is 1. The molecule has 0 amide bonds. The van der Waals surface area contributed by atoms with Crippen molar-refractivity contribution in [1.29, 1.82) is 0 Å². The highest BCUT2D eigenvalue weighted by atomic mass is 16.5. The lowest BCUT2D eigenvalue weighted by molar-refractivity contribution is 0.425. The molecule has 0 fully saturated rings. The summed E-state index contributed by atoms with van der Waals surface area (Å²) in [5, 5.41) is 13.9. The molecule has 2 aromatic rings. The summed E-state index contributed by atoms with van der Waals surface area (Å²) in [5.74, 6) is 0.974. The molecule has 17 heavy (non-hydrogen) atoms. The topological polar surface area (TPSA) is 46.3 Å². The average Bonchev–Trinajstić information content (AvgIpc) is 2.62. The van der Waals surface area contributed by atoms with Crippen LogP contribution in [0.2, 0.25) is 0 Å². The second-order valence-corrected chi connectivity index (χ2v) is 5.31. The van der Waals surface area contributed by atoms with E-state index in [1.807, 2.05) is 25.1 Å². The number of aryl methyl sites for hydroxylation is 1. The molecule has 0 radical (unpaired) electrons. The van der Waals surface area contributed by atoms with Crippen molar-refractivity contribution in [3.63, 3.8) is 0 Å². The maximum Gasteiger partial charge on any atom is 0.167 e. The van der Waals surface area contributed by atoms with Crippen LogP contribution in [0.4, 0.5) is 0 Å². The van der Waals surface area contributed by atoms with Crippen LogP contribution in [0.5, 0.6) is 5.75 Å². The Bertz CT molecular complexity index is 535. The number of phenolic OH excluding ortho intramolecular Hbond substituents is 1. The van der Waals surface area contributed by atoms with Crippen LogP contribution in [0.3, 0.4) is 0 Å². The first-order chi connectivity index (χ1) is 7.88. The Labute approximate surface area is 101 Å². The number of aromatic nitrogens is 1. The Hall–Kier alpha value is -1.77. The Morgan fingerprint density at radius 3 is 2.35 bits per heavy atom. The fourth-order valence-corrected chi connectivity index (χ4v) is 1.82. The summed E-state index contributed by atoms with van der Waals surface area (Å²) >= 11 is 0. The van der Waals surface area contributed by atoms with Gasteiger partial charge in [0, 0.05) is 11.6 Å². The summed E-state index contributed by atoms with van der Waals surface area (Å²) < 4.78 is 5.17. The van der Waals surface area contributed by atoms with Gasteiger partial charge in [-0.1, -0.05) is 38.1 Å². The smallest absolute Gasteiger partial charge is 0.167 e. The highest BCUT2D eigenvalue weighted by Crippen LogP contribution is 2.34. The number of aromatic hydroxyl groups is 1. The van der Waals surface area contributed by atoms with Crippen LogP contribution in [0, 0.1) is 6.92 Å². The third-order valence-corrected chi connectivity index (χ3v) is 2.72. The van der Waals surface area contributed by atoms with Gasteiger partial charge >= 0.3 is 0 Å².